The summed E-state index contributed by atoms with van der Waals surface area (Å²) in [5, 5.41) is 10.2. The Morgan fingerprint density at radius 1 is 1.35 bits per heavy atom. The first kappa shape index (κ1) is 11.7. The van der Waals surface area contributed by atoms with Crippen LogP contribution in [0.5, 0.6) is 0 Å². The molecular formula is C14H17NO2. The van der Waals surface area contributed by atoms with Gasteiger partial charge in [-0.2, -0.15) is 0 Å². The maximum atomic E-state index is 10.9. The molecule has 2 aromatic rings. The molecule has 1 heterocycles. The maximum absolute atomic E-state index is 10.9. The van der Waals surface area contributed by atoms with Crippen molar-refractivity contribution >= 4 is 16.9 Å². The molecule has 3 heteroatoms. The molecule has 0 amide bonds. The fourth-order valence-electron chi connectivity index (χ4n) is 2.38. The molecule has 3 nitrogen and oxygen atoms in total. The number of hydrogen-bond donors (Lipinski definition) is 1. The van der Waals surface area contributed by atoms with E-state index in [0.717, 1.165) is 16.5 Å². The number of para-hydroxylation sites is 1. The van der Waals surface area contributed by atoms with E-state index in [1.807, 2.05) is 43.8 Å². The zero-order valence-electron chi connectivity index (χ0n) is 10.4. The van der Waals surface area contributed by atoms with Gasteiger partial charge in [0, 0.05) is 18.7 Å². The van der Waals surface area contributed by atoms with Crippen molar-refractivity contribution in [1.82, 2.24) is 4.57 Å². The number of fused-ring (bicyclic) bond motifs is 1. The summed E-state index contributed by atoms with van der Waals surface area (Å²) in [6.45, 7) is 3.95. The minimum Gasteiger partial charge on any atom is -0.481 e. The molecule has 0 unspecified atom stereocenters. The van der Waals surface area contributed by atoms with Gasteiger partial charge in [-0.15, -0.1) is 0 Å². The molecule has 1 aromatic carbocycles. The van der Waals surface area contributed by atoms with E-state index >= 15 is 0 Å². The zero-order valence-corrected chi connectivity index (χ0v) is 10.4. The minimum atomic E-state index is -0.763. The fourth-order valence-corrected chi connectivity index (χ4v) is 2.38. The molecule has 90 valence electrons. The number of benzene rings is 1. The van der Waals surface area contributed by atoms with Crippen molar-refractivity contribution < 1.29 is 9.90 Å². The van der Waals surface area contributed by atoms with Crippen molar-refractivity contribution in [2.45, 2.75) is 25.7 Å². The standard InChI is InChI=1S/C14H17NO2/c1-14(2,9-12(16)17)11-6-4-5-10-7-8-15(3)13(10)11/h4-8H,9H2,1-3H3,(H,16,17). The van der Waals surface area contributed by atoms with Gasteiger partial charge in [0.15, 0.2) is 0 Å². The van der Waals surface area contributed by atoms with Crippen molar-refractivity contribution in [2.75, 3.05) is 0 Å². The first-order valence-electron chi connectivity index (χ1n) is 5.68. The van der Waals surface area contributed by atoms with E-state index < -0.39 is 5.97 Å². The lowest BCUT2D eigenvalue weighted by Gasteiger charge is -2.24. The first-order chi connectivity index (χ1) is 7.92. The number of aliphatic carboxylic acids is 1. The predicted octanol–water partition coefficient (Wildman–Crippen LogP) is 2.93. The number of hydrogen-bond acceptors (Lipinski definition) is 1. The van der Waals surface area contributed by atoms with Gasteiger partial charge in [-0.3, -0.25) is 4.79 Å². The summed E-state index contributed by atoms with van der Waals surface area (Å²) in [6.07, 6.45) is 2.14. The van der Waals surface area contributed by atoms with Crippen LogP contribution in [0.4, 0.5) is 0 Å². The summed E-state index contributed by atoms with van der Waals surface area (Å²) >= 11 is 0. The number of carboxylic acid groups (broad SMARTS) is 1. The third-order valence-electron chi connectivity index (χ3n) is 3.22. The molecule has 0 saturated carbocycles. The molecule has 0 saturated heterocycles. The fraction of sp³-hybridized carbons (Fsp3) is 0.357. The van der Waals surface area contributed by atoms with Crippen LogP contribution in [0.25, 0.3) is 10.9 Å². The summed E-state index contributed by atoms with van der Waals surface area (Å²) in [5.74, 6) is -0.763. The van der Waals surface area contributed by atoms with Gasteiger partial charge in [0.2, 0.25) is 0 Å². The number of rotatable bonds is 3. The van der Waals surface area contributed by atoms with Crippen LogP contribution in [0, 0.1) is 0 Å². The van der Waals surface area contributed by atoms with Crippen LogP contribution >= 0.6 is 0 Å². The number of aromatic nitrogens is 1. The smallest absolute Gasteiger partial charge is 0.304 e. The molecule has 1 aromatic heterocycles. The van der Waals surface area contributed by atoms with E-state index in [0.29, 0.717) is 0 Å². The van der Waals surface area contributed by atoms with Crippen LogP contribution in [0.2, 0.25) is 0 Å². The Bertz CT molecular complexity index is 567. The first-order valence-corrected chi connectivity index (χ1v) is 5.68. The molecule has 0 aliphatic rings. The van der Waals surface area contributed by atoms with Gasteiger partial charge in [0.1, 0.15) is 0 Å². The molecular weight excluding hydrogens is 214 g/mol. The topological polar surface area (TPSA) is 42.2 Å². The Morgan fingerprint density at radius 3 is 2.71 bits per heavy atom. The molecule has 0 spiro atoms. The molecule has 0 aliphatic carbocycles. The van der Waals surface area contributed by atoms with Crippen LogP contribution < -0.4 is 0 Å². The molecule has 2 rings (SSSR count). The summed E-state index contributed by atoms with van der Waals surface area (Å²) in [5.41, 5.74) is 1.85. The van der Waals surface area contributed by atoms with E-state index in [4.69, 9.17) is 5.11 Å². The largest absolute Gasteiger partial charge is 0.481 e. The van der Waals surface area contributed by atoms with E-state index in [1.165, 1.54) is 0 Å². The lowest BCUT2D eigenvalue weighted by Crippen LogP contribution is -2.22. The maximum Gasteiger partial charge on any atom is 0.304 e. The average molecular weight is 231 g/mol. The second-order valence-corrected chi connectivity index (χ2v) is 5.12. The van der Waals surface area contributed by atoms with Crippen LogP contribution in [0.3, 0.4) is 0 Å². The summed E-state index contributed by atoms with van der Waals surface area (Å²) in [6, 6.07) is 8.11. The van der Waals surface area contributed by atoms with Crippen LogP contribution in [-0.2, 0) is 17.3 Å². The molecule has 0 atom stereocenters. The van der Waals surface area contributed by atoms with Gasteiger partial charge in [-0.05, 0) is 17.0 Å². The van der Waals surface area contributed by atoms with E-state index in [9.17, 15) is 4.79 Å². The third kappa shape index (κ3) is 2.05. The minimum absolute atomic E-state index is 0.136. The Labute approximate surface area is 101 Å². The lowest BCUT2D eigenvalue weighted by molar-refractivity contribution is -0.138. The van der Waals surface area contributed by atoms with Crippen molar-refractivity contribution in [1.29, 1.82) is 0 Å². The van der Waals surface area contributed by atoms with Crippen molar-refractivity contribution in [3.63, 3.8) is 0 Å². The Morgan fingerprint density at radius 2 is 2.06 bits per heavy atom. The van der Waals surface area contributed by atoms with Crippen molar-refractivity contribution in [2.24, 2.45) is 7.05 Å². The SMILES string of the molecule is Cn1ccc2cccc(C(C)(C)CC(=O)O)c21. The van der Waals surface area contributed by atoms with Crippen LogP contribution in [0.15, 0.2) is 30.5 Å². The molecule has 1 N–H and O–H groups in total. The number of aryl methyl sites for hydroxylation is 1. The van der Waals surface area contributed by atoms with E-state index in [-0.39, 0.29) is 11.8 Å². The number of nitrogens with zero attached hydrogens (tertiary/aromatic N) is 1. The highest BCUT2D eigenvalue weighted by Crippen LogP contribution is 2.33. The Balaban J connectivity index is 2.61. The van der Waals surface area contributed by atoms with Crippen LogP contribution in [-0.4, -0.2) is 15.6 Å². The molecule has 0 aliphatic heterocycles. The molecule has 0 bridgehead atoms. The normalized spacial score (nSPS) is 11.9. The van der Waals surface area contributed by atoms with Crippen molar-refractivity contribution in [3.8, 4) is 0 Å². The lowest BCUT2D eigenvalue weighted by atomic mass is 9.80. The van der Waals surface area contributed by atoms with Gasteiger partial charge in [-0.25, -0.2) is 0 Å². The molecule has 17 heavy (non-hydrogen) atoms. The Hall–Kier alpha value is -1.77. The summed E-state index contributed by atoms with van der Waals surface area (Å²) < 4.78 is 2.05. The molecule has 0 radical (unpaired) electrons. The summed E-state index contributed by atoms with van der Waals surface area (Å²) in [7, 11) is 1.99. The average Bonchev–Trinajstić information content (AvgIpc) is 2.59. The van der Waals surface area contributed by atoms with Gasteiger partial charge in [-0.1, -0.05) is 32.0 Å². The van der Waals surface area contributed by atoms with Crippen LogP contribution in [0.1, 0.15) is 25.8 Å². The summed E-state index contributed by atoms with van der Waals surface area (Å²) in [4.78, 5) is 10.9. The highest BCUT2D eigenvalue weighted by molar-refractivity contribution is 5.85. The van der Waals surface area contributed by atoms with E-state index in [1.54, 1.807) is 0 Å². The number of carboxylic acids is 1. The predicted molar refractivity (Wildman–Crippen MR) is 68.2 cm³/mol. The second-order valence-electron chi connectivity index (χ2n) is 5.12. The number of carbonyl (C=O) groups is 1. The van der Waals surface area contributed by atoms with Gasteiger partial charge in [0.05, 0.1) is 11.9 Å². The third-order valence-corrected chi connectivity index (χ3v) is 3.22. The van der Waals surface area contributed by atoms with Crippen molar-refractivity contribution in [3.05, 3.63) is 36.0 Å². The van der Waals surface area contributed by atoms with Gasteiger partial charge in [0.25, 0.3) is 0 Å². The zero-order chi connectivity index (χ0) is 12.6. The monoisotopic (exact) mass is 231 g/mol. The van der Waals surface area contributed by atoms with E-state index in [2.05, 4.69) is 12.1 Å². The highest BCUT2D eigenvalue weighted by Gasteiger charge is 2.26. The molecule has 0 fully saturated rings. The van der Waals surface area contributed by atoms with Gasteiger partial charge < -0.3 is 9.67 Å². The Kier molecular flexibility index (Phi) is 2.69. The second kappa shape index (κ2) is 3.91. The van der Waals surface area contributed by atoms with Gasteiger partial charge >= 0.3 is 5.97 Å². The quantitative estimate of drug-likeness (QED) is 0.882. The highest BCUT2D eigenvalue weighted by atomic mass is 16.4.